The number of rotatable bonds is 5. The third kappa shape index (κ3) is 2.78. The van der Waals surface area contributed by atoms with Crippen molar-refractivity contribution in [3.8, 4) is 5.88 Å². The third-order valence-electron chi connectivity index (χ3n) is 2.98. The van der Waals surface area contributed by atoms with Gasteiger partial charge >= 0.3 is 5.69 Å². The Hall–Kier alpha value is -1.52. The van der Waals surface area contributed by atoms with Gasteiger partial charge in [0.2, 0.25) is 5.88 Å². The topological polar surface area (TPSA) is 75.1 Å². The van der Waals surface area contributed by atoms with Gasteiger partial charge in [0, 0.05) is 6.04 Å². The van der Waals surface area contributed by atoms with E-state index in [0.29, 0.717) is 6.42 Å². The summed E-state index contributed by atoms with van der Waals surface area (Å²) in [5.41, 5.74) is -0.754. The second-order valence-electron chi connectivity index (χ2n) is 4.28. The fraction of sp³-hybridized carbons (Fsp3) is 0.667. The SMILES string of the molecule is CCCCC(C)n1c(O)c(CC)c(=O)[nH]c1=O. The molecular formula is C12H20N2O3. The maximum atomic E-state index is 11.7. The Morgan fingerprint density at radius 1 is 1.35 bits per heavy atom. The van der Waals surface area contributed by atoms with Crippen molar-refractivity contribution in [3.05, 3.63) is 26.4 Å². The lowest BCUT2D eigenvalue weighted by atomic mass is 10.1. The molecule has 0 radical (unpaired) electrons. The van der Waals surface area contributed by atoms with Gasteiger partial charge in [0.1, 0.15) is 0 Å². The number of H-pyrrole nitrogens is 1. The van der Waals surface area contributed by atoms with Crippen molar-refractivity contribution in [1.29, 1.82) is 0 Å². The van der Waals surface area contributed by atoms with Gasteiger partial charge in [0.25, 0.3) is 5.56 Å². The summed E-state index contributed by atoms with van der Waals surface area (Å²) in [7, 11) is 0. The molecule has 1 heterocycles. The van der Waals surface area contributed by atoms with Crippen LogP contribution in [-0.2, 0) is 6.42 Å². The molecule has 17 heavy (non-hydrogen) atoms. The van der Waals surface area contributed by atoms with Crippen LogP contribution in [0.4, 0.5) is 0 Å². The summed E-state index contributed by atoms with van der Waals surface area (Å²) in [5.74, 6) is -0.190. The highest BCUT2D eigenvalue weighted by molar-refractivity contribution is 5.22. The van der Waals surface area contributed by atoms with E-state index in [2.05, 4.69) is 11.9 Å². The van der Waals surface area contributed by atoms with E-state index in [0.717, 1.165) is 19.3 Å². The second-order valence-corrected chi connectivity index (χ2v) is 4.28. The highest BCUT2D eigenvalue weighted by atomic mass is 16.3. The van der Waals surface area contributed by atoms with Gasteiger partial charge in [-0.2, -0.15) is 0 Å². The lowest BCUT2D eigenvalue weighted by molar-refractivity contribution is 0.352. The van der Waals surface area contributed by atoms with Gasteiger partial charge in [0.05, 0.1) is 5.56 Å². The van der Waals surface area contributed by atoms with Gasteiger partial charge in [-0.05, 0) is 19.8 Å². The van der Waals surface area contributed by atoms with Crippen molar-refractivity contribution >= 4 is 0 Å². The summed E-state index contributed by atoms with van der Waals surface area (Å²) in [6.45, 7) is 5.71. The monoisotopic (exact) mass is 240 g/mol. The molecule has 0 fully saturated rings. The lowest BCUT2D eigenvalue weighted by Crippen LogP contribution is -2.33. The summed E-state index contributed by atoms with van der Waals surface area (Å²) >= 11 is 0. The average Bonchev–Trinajstić information content (AvgIpc) is 2.26. The highest BCUT2D eigenvalue weighted by Gasteiger charge is 2.16. The zero-order valence-corrected chi connectivity index (χ0v) is 10.6. The zero-order valence-electron chi connectivity index (χ0n) is 10.6. The van der Waals surface area contributed by atoms with Gasteiger partial charge < -0.3 is 5.11 Å². The minimum absolute atomic E-state index is 0.107. The molecule has 0 saturated carbocycles. The molecule has 0 amide bonds. The van der Waals surface area contributed by atoms with Crippen LogP contribution in [0.25, 0.3) is 0 Å². The van der Waals surface area contributed by atoms with Crippen molar-refractivity contribution in [2.45, 2.75) is 52.5 Å². The van der Waals surface area contributed by atoms with Crippen LogP contribution in [0.2, 0.25) is 0 Å². The first kappa shape index (κ1) is 13.5. The first-order valence-electron chi connectivity index (χ1n) is 6.09. The van der Waals surface area contributed by atoms with Crippen LogP contribution in [0.15, 0.2) is 9.59 Å². The van der Waals surface area contributed by atoms with E-state index < -0.39 is 11.2 Å². The van der Waals surface area contributed by atoms with E-state index in [1.165, 1.54) is 4.57 Å². The van der Waals surface area contributed by atoms with E-state index in [4.69, 9.17) is 0 Å². The fourth-order valence-corrected chi connectivity index (χ4v) is 1.93. The van der Waals surface area contributed by atoms with Crippen LogP contribution < -0.4 is 11.2 Å². The summed E-state index contributed by atoms with van der Waals surface area (Å²) in [6, 6.07) is -0.107. The number of aromatic hydroxyl groups is 1. The van der Waals surface area contributed by atoms with Crippen LogP contribution in [-0.4, -0.2) is 14.7 Å². The minimum atomic E-state index is -0.534. The molecule has 0 aliphatic rings. The van der Waals surface area contributed by atoms with E-state index in [1.807, 2.05) is 6.92 Å². The molecule has 2 N–H and O–H groups in total. The fourth-order valence-electron chi connectivity index (χ4n) is 1.93. The van der Waals surface area contributed by atoms with Crippen LogP contribution in [0, 0.1) is 0 Å². The van der Waals surface area contributed by atoms with E-state index in [-0.39, 0.29) is 17.5 Å². The Kier molecular flexibility index (Phi) is 4.54. The van der Waals surface area contributed by atoms with Gasteiger partial charge in [-0.3, -0.25) is 14.3 Å². The molecule has 0 spiro atoms. The Balaban J connectivity index is 3.24. The van der Waals surface area contributed by atoms with Crippen LogP contribution in [0.3, 0.4) is 0 Å². The summed E-state index contributed by atoms with van der Waals surface area (Å²) in [4.78, 5) is 25.4. The predicted octanol–water partition coefficient (Wildman–Crippen LogP) is 1.56. The number of hydrogen-bond donors (Lipinski definition) is 2. The molecule has 1 rings (SSSR count). The van der Waals surface area contributed by atoms with Crippen LogP contribution in [0.1, 0.15) is 51.6 Å². The van der Waals surface area contributed by atoms with Gasteiger partial charge in [-0.15, -0.1) is 0 Å². The van der Waals surface area contributed by atoms with Crippen molar-refractivity contribution in [2.24, 2.45) is 0 Å². The van der Waals surface area contributed by atoms with Crippen LogP contribution in [0.5, 0.6) is 5.88 Å². The lowest BCUT2D eigenvalue weighted by Gasteiger charge is -2.17. The van der Waals surface area contributed by atoms with Crippen molar-refractivity contribution in [1.82, 2.24) is 9.55 Å². The molecule has 1 aromatic rings. The van der Waals surface area contributed by atoms with Crippen molar-refractivity contribution in [2.75, 3.05) is 0 Å². The number of aromatic nitrogens is 2. The summed E-state index contributed by atoms with van der Waals surface area (Å²) in [6.07, 6.45) is 3.22. The molecule has 96 valence electrons. The summed E-state index contributed by atoms with van der Waals surface area (Å²) in [5, 5.41) is 9.96. The Morgan fingerprint density at radius 3 is 2.53 bits per heavy atom. The van der Waals surface area contributed by atoms with Gasteiger partial charge in [-0.25, -0.2) is 4.79 Å². The third-order valence-corrected chi connectivity index (χ3v) is 2.98. The first-order valence-corrected chi connectivity index (χ1v) is 6.09. The molecule has 0 aliphatic heterocycles. The Labute approximate surface area is 100 Å². The van der Waals surface area contributed by atoms with Gasteiger partial charge in [-0.1, -0.05) is 26.7 Å². The standard InChI is InChI=1S/C12H20N2O3/c1-4-6-7-8(3)14-11(16)9(5-2)10(15)13-12(14)17/h8,16H,4-7H2,1-3H3,(H,13,15,17). The van der Waals surface area contributed by atoms with E-state index in [1.54, 1.807) is 6.92 Å². The second kappa shape index (κ2) is 5.70. The smallest absolute Gasteiger partial charge is 0.331 e. The molecule has 1 unspecified atom stereocenters. The van der Waals surface area contributed by atoms with E-state index >= 15 is 0 Å². The minimum Gasteiger partial charge on any atom is -0.494 e. The van der Waals surface area contributed by atoms with Crippen molar-refractivity contribution < 1.29 is 5.11 Å². The average molecular weight is 240 g/mol. The summed E-state index contributed by atoms with van der Waals surface area (Å²) < 4.78 is 1.27. The number of nitrogens with one attached hydrogen (secondary N) is 1. The van der Waals surface area contributed by atoms with Gasteiger partial charge in [0.15, 0.2) is 0 Å². The molecule has 5 nitrogen and oxygen atoms in total. The first-order chi connectivity index (χ1) is 8.02. The molecule has 0 saturated heterocycles. The normalized spacial score (nSPS) is 12.6. The molecule has 1 aromatic heterocycles. The molecule has 0 aromatic carbocycles. The quantitative estimate of drug-likeness (QED) is 0.820. The Morgan fingerprint density at radius 2 is 2.00 bits per heavy atom. The van der Waals surface area contributed by atoms with Crippen LogP contribution >= 0.6 is 0 Å². The zero-order chi connectivity index (χ0) is 13.0. The molecular weight excluding hydrogens is 220 g/mol. The number of aromatic amines is 1. The Bertz CT molecular complexity index is 488. The molecule has 5 heteroatoms. The highest BCUT2D eigenvalue weighted by Crippen LogP contribution is 2.19. The number of unbranched alkanes of at least 4 members (excludes halogenated alkanes) is 1. The largest absolute Gasteiger partial charge is 0.494 e. The van der Waals surface area contributed by atoms with E-state index in [9.17, 15) is 14.7 Å². The maximum Gasteiger partial charge on any atom is 0.331 e. The number of nitrogens with zero attached hydrogens (tertiary/aromatic N) is 1. The predicted molar refractivity (Wildman–Crippen MR) is 66.6 cm³/mol. The maximum absolute atomic E-state index is 11.7. The molecule has 0 aliphatic carbocycles. The number of hydrogen-bond acceptors (Lipinski definition) is 3. The van der Waals surface area contributed by atoms with Crippen molar-refractivity contribution in [3.63, 3.8) is 0 Å². The molecule has 0 bridgehead atoms. The molecule has 1 atom stereocenters.